The van der Waals surface area contributed by atoms with E-state index in [1.54, 1.807) is 6.20 Å². The molecular formula is C13H19N5. The van der Waals surface area contributed by atoms with E-state index in [1.807, 2.05) is 16.8 Å². The molecular weight excluding hydrogens is 226 g/mol. The summed E-state index contributed by atoms with van der Waals surface area (Å²) in [6.45, 7) is 5.16. The lowest BCUT2D eigenvalue weighted by atomic mass is 10.2. The van der Waals surface area contributed by atoms with Gasteiger partial charge in [-0.1, -0.05) is 0 Å². The lowest BCUT2D eigenvalue weighted by Crippen LogP contribution is -2.19. The van der Waals surface area contributed by atoms with E-state index in [4.69, 9.17) is 0 Å². The summed E-state index contributed by atoms with van der Waals surface area (Å²) < 4.78 is 2.01. The highest BCUT2D eigenvalue weighted by Crippen LogP contribution is 2.34. The highest BCUT2D eigenvalue weighted by Gasteiger charge is 2.28. The van der Waals surface area contributed by atoms with Crippen molar-refractivity contribution in [2.45, 2.75) is 32.7 Å². The Morgan fingerprint density at radius 3 is 3.06 bits per heavy atom. The highest BCUT2D eigenvalue weighted by molar-refractivity contribution is 5.65. The maximum atomic E-state index is 4.61. The lowest BCUT2D eigenvalue weighted by molar-refractivity contribution is 0.691. The van der Waals surface area contributed by atoms with E-state index in [0.717, 1.165) is 29.7 Å². The van der Waals surface area contributed by atoms with Gasteiger partial charge in [0.25, 0.3) is 0 Å². The SMILES string of the molecule is CCNc1cn2ccnc2c(NC(C)C2CC2)n1. The molecule has 3 rings (SSSR count). The maximum Gasteiger partial charge on any atom is 0.180 e. The van der Waals surface area contributed by atoms with Crippen LogP contribution in [0.5, 0.6) is 0 Å². The van der Waals surface area contributed by atoms with Gasteiger partial charge in [0.05, 0.1) is 6.20 Å². The molecule has 1 aliphatic rings. The van der Waals surface area contributed by atoms with E-state index in [9.17, 15) is 0 Å². The fraction of sp³-hybridized carbons (Fsp3) is 0.538. The van der Waals surface area contributed by atoms with Gasteiger partial charge in [-0.05, 0) is 32.6 Å². The Balaban J connectivity index is 1.93. The van der Waals surface area contributed by atoms with Crippen LogP contribution in [0, 0.1) is 5.92 Å². The van der Waals surface area contributed by atoms with Crippen molar-refractivity contribution in [3.05, 3.63) is 18.6 Å². The van der Waals surface area contributed by atoms with Crippen molar-refractivity contribution in [2.75, 3.05) is 17.2 Å². The first-order chi connectivity index (χ1) is 8.78. The van der Waals surface area contributed by atoms with Gasteiger partial charge in [-0.15, -0.1) is 0 Å². The fourth-order valence-corrected chi connectivity index (χ4v) is 2.22. The van der Waals surface area contributed by atoms with Crippen molar-refractivity contribution >= 4 is 17.3 Å². The molecule has 5 heteroatoms. The quantitative estimate of drug-likeness (QED) is 0.849. The average Bonchev–Trinajstić information content (AvgIpc) is 3.09. The van der Waals surface area contributed by atoms with Gasteiger partial charge in [0.15, 0.2) is 11.5 Å². The van der Waals surface area contributed by atoms with Crippen molar-refractivity contribution in [1.29, 1.82) is 0 Å². The number of hydrogen-bond acceptors (Lipinski definition) is 4. The number of imidazole rings is 1. The summed E-state index contributed by atoms with van der Waals surface area (Å²) in [6.07, 6.45) is 8.38. The van der Waals surface area contributed by atoms with Crippen LogP contribution < -0.4 is 10.6 Å². The molecule has 1 unspecified atom stereocenters. The van der Waals surface area contributed by atoms with Crippen molar-refractivity contribution in [3.63, 3.8) is 0 Å². The van der Waals surface area contributed by atoms with Crippen LogP contribution in [0.1, 0.15) is 26.7 Å². The smallest absolute Gasteiger partial charge is 0.180 e. The van der Waals surface area contributed by atoms with Gasteiger partial charge in [0, 0.05) is 25.0 Å². The fourth-order valence-electron chi connectivity index (χ4n) is 2.22. The van der Waals surface area contributed by atoms with Crippen LogP contribution in [0.4, 0.5) is 11.6 Å². The third kappa shape index (κ3) is 2.12. The van der Waals surface area contributed by atoms with Gasteiger partial charge in [0.1, 0.15) is 5.82 Å². The van der Waals surface area contributed by atoms with Crippen molar-refractivity contribution in [2.24, 2.45) is 5.92 Å². The number of anilines is 2. The summed E-state index contributed by atoms with van der Waals surface area (Å²) in [4.78, 5) is 8.97. The molecule has 2 N–H and O–H groups in total. The Labute approximate surface area is 107 Å². The molecule has 0 bridgehead atoms. The highest BCUT2D eigenvalue weighted by atomic mass is 15.2. The van der Waals surface area contributed by atoms with Crippen molar-refractivity contribution < 1.29 is 0 Å². The second-order valence-corrected chi connectivity index (χ2v) is 4.93. The Kier molecular flexibility index (Phi) is 2.81. The van der Waals surface area contributed by atoms with Gasteiger partial charge in [-0.2, -0.15) is 0 Å². The normalized spacial score (nSPS) is 16.8. The van der Waals surface area contributed by atoms with E-state index in [0.29, 0.717) is 6.04 Å². The molecule has 0 amide bonds. The first-order valence-corrected chi connectivity index (χ1v) is 6.62. The van der Waals surface area contributed by atoms with Gasteiger partial charge in [-0.25, -0.2) is 9.97 Å². The van der Waals surface area contributed by atoms with E-state index in [-0.39, 0.29) is 0 Å². The second kappa shape index (κ2) is 4.48. The number of nitrogens with one attached hydrogen (secondary N) is 2. The topological polar surface area (TPSA) is 54.2 Å². The predicted molar refractivity (Wildman–Crippen MR) is 73.0 cm³/mol. The Morgan fingerprint density at radius 2 is 2.33 bits per heavy atom. The molecule has 2 heterocycles. The molecule has 0 saturated heterocycles. The van der Waals surface area contributed by atoms with Crippen LogP contribution in [0.2, 0.25) is 0 Å². The van der Waals surface area contributed by atoms with Crippen LogP contribution in [-0.4, -0.2) is 27.0 Å². The summed E-state index contributed by atoms with van der Waals surface area (Å²) in [5.41, 5.74) is 0.893. The molecule has 18 heavy (non-hydrogen) atoms. The van der Waals surface area contributed by atoms with E-state index in [1.165, 1.54) is 12.8 Å². The first-order valence-electron chi connectivity index (χ1n) is 6.62. The maximum absolute atomic E-state index is 4.61. The molecule has 1 atom stereocenters. The molecule has 2 aromatic rings. The number of aromatic nitrogens is 3. The molecule has 5 nitrogen and oxygen atoms in total. The lowest BCUT2D eigenvalue weighted by Gasteiger charge is -2.15. The monoisotopic (exact) mass is 245 g/mol. The summed E-state index contributed by atoms with van der Waals surface area (Å²) in [6, 6.07) is 0.467. The molecule has 96 valence electrons. The minimum Gasteiger partial charge on any atom is -0.369 e. The van der Waals surface area contributed by atoms with Crippen LogP contribution in [0.3, 0.4) is 0 Å². The summed E-state index contributed by atoms with van der Waals surface area (Å²) >= 11 is 0. The van der Waals surface area contributed by atoms with Crippen molar-refractivity contribution in [1.82, 2.24) is 14.4 Å². The number of rotatable bonds is 5. The minimum atomic E-state index is 0.467. The summed E-state index contributed by atoms with van der Waals surface area (Å²) in [5, 5.41) is 6.75. The van der Waals surface area contributed by atoms with Gasteiger partial charge in [0.2, 0.25) is 0 Å². The zero-order chi connectivity index (χ0) is 12.5. The molecule has 0 aromatic carbocycles. The molecule has 1 fully saturated rings. The Morgan fingerprint density at radius 1 is 1.50 bits per heavy atom. The summed E-state index contributed by atoms with van der Waals surface area (Å²) in [5.74, 6) is 2.55. The molecule has 1 aliphatic carbocycles. The van der Waals surface area contributed by atoms with E-state index in [2.05, 4.69) is 34.4 Å². The largest absolute Gasteiger partial charge is 0.369 e. The zero-order valence-electron chi connectivity index (χ0n) is 10.8. The number of hydrogen-bond donors (Lipinski definition) is 2. The predicted octanol–water partition coefficient (Wildman–Crippen LogP) is 2.37. The van der Waals surface area contributed by atoms with E-state index >= 15 is 0 Å². The van der Waals surface area contributed by atoms with Crippen LogP contribution in [0.15, 0.2) is 18.6 Å². The number of nitrogens with zero attached hydrogens (tertiary/aromatic N) is 3. The molecule has 0 spiro atoms. The summed E-state index contributed by atoms with van der Waals surface area (Å²) in [7, 11) is 0. The minimum absolute atomic E-state index is 0.467. The zero-order valence-corrected chi connectivity index (χ0v) is 10.8. The van der Waals surface area contributed by atoms with Crippen LogP contribution in [0.25, 0.3) is 5.65 Å². The molecule has 2 aromatic heterocycles. The van der Waals surface area contributed by atoms with E-state index < -0.39 is 0 Å². The molecule has 0 radical (unpaired) electrons. The van der Waals surface area contributed by atoms with Gasteiger partial charge < -0.3 is 15.0 Å². The molecule has 1 saturated carbocycles. The standard InChI is InChI=1S/C13H19N5/c1-3-14-11-8-18-7-6-15-13(18)12(17-11)16-9(2)10-4-5-10/h6-10,14H,3-5H2,1-2H3,(H,16,17). The van der Waals surface area contributed by atoms with Crippen LogP contribution >= 0.6 is 0 Å². The van der Waals surface area contributed by atoms with Crippen molar-refractivity contribution in [3.8, 4) is 0 Å². The first kappa shape index (κ1) is 11.3. The van der Waals surface area contributed by atoms with Gasteiger partial charge >= 0.3 is 0 Å². The van der Waals surface area contributed by atoms with Gasteiger partial charge in [-0.3, -0.25) is 0 Å². The second-order valence-electron chi connectivity index (χ2n) is 4.93. The molecule has 0 aliphatic heterocycles. The number of fused-ring (bicyclic) bond motifs is 1. The third-order valence-electron chi connectivity index (χ3n) is 3.43. The van der Waals surface area contributed by atoms with Crippen LogP contribution in [-0.2, 0) is 0 Å². The third-order valence-corrected chi connectivity index (χ3v) is 3.43. The Bertz CT molecular complexity index is 543. The Hall–Kier alpha value is -1.78. The average molecular weight is 245 g/mol.